The van der Waals surface area contributed by atoms with E-state index >= 15 is 0 Å². The molecule has 0 saturated carbocycles. The lowest BCUT2D eigenvalue weighted by molar-refractivity contribution is -0.138. The van der Waals surface area contributed by atoms with E-state index in [0.29, 0.717) is 31.9 Å². The van der Waals surface area contributed by atoms with Gasteiger partial charge >= 0.3 is 5.97 Å². The molecule has 0 aromatic carbocycles. The maximum Gasteiger partial charge on any atom is 0.320 e. The predicted molar refractivity (Wildman–Crippen MR) is 68.8 cm³/mol. The van der Waals surface area contributed by atoms with Gasteiger partial charge < -0.3 is 21.9 Å². The molecule has 0 spiro atoms. The molecule has 0 aromatic heterocycles. The van der Waals surface area contributed by atoms with Crippen LogP contribution in [0, 0.1) is 0 Å². The highest BCUT2D eigenvalue weighted by Gasteiger charge is 2.09. The number of rotatable bonds is 7. The van der Waals surface area contributed by atoms with E-state index in [9.17, 15) is 4.79 Å². The van der Waals surface area contributed by atoms with Gasteiger partial charge in [0.2, 0.25) is 0 Å². The second-order valence-electron chi connectivity index (χ2n) is 4.02. The molecule has 0 amide bonds. The molecule has 0 heterocycles. The smallest absolute Gasteiger partial charge is 0.320 e. The van der Waals surface area contributed by atoms with Gasteiger partial charge in [-0.1, -0.05) is 11.6 Å². The Labute approximate surface area is 102 Å². The zero-order chi connectivity index (χ0) is 13.3. The summed E-state index contributed by atoms with van der Waals surface area (Å²) in [6, 6.07) is -0.805. The first kappa shape index (κ1) is 15.4. The summed E-state index contributed by atoms with van der Waals surface area (Å²) in [6.07, 6.45) is 3.03. The van der Waals surface area contributed by atoms with Crippen LogP contribution in [0.3, 0.4) is 0 Å². The van der Waals surface area contributed by atoms with Crippen molar-refractivity contribution in [2.75, 3.05) is 13.1 Å². The Balaban J connectivity index is 3.67. The molecule has 98 valence electrons. The van der Waals surface area contributed by atoms with Crippen LogP contribution in [-0.2, 0) is 4.79 Å². The number of nitrogens with two attached hydrogens (primary N) is 2. The highest BCUT2D eigenvalue weighted by atomic mass is 16.4. The van der Waals surface area contributed by atoms with E-state index in [2.05, 4.69) is 10.3 Å². The van der Waals surface area contributed by atoms with Crippen molar-refractivity contribution < 1.29 is 9.90 Å². The summed E-state index contributed by atoms with van der Waals surface area (Å²) in [5, 5.41) is 11.5. The minimum atomic E-state index is -0.977. The second kappa shape index (κ2) is 8.58. The van der Waals surface area contributed by atoms with Crippen LogP contribution in [0.5, 0.6) is 0 Å². The van der Waals surface area contributed by atoms with Crippen LogP contribution < -0.4 is 16.8 Å². The molecule has 0 radical (unpaired) electrons. The molecule has 0 rings (SSSR count). The topological polar surface area (TPSA) is 114 Å². The first-order valence-corrected chi connectivity index (χ1v) is 5.59. The first-order valence-electron chi connectivity index (χ1n) is 5.59. The van der Waals surface area contributed by atoms with Gasteiger partial charge in [0.1, 0.15) is 6.04 Å². The first-order chi connectivity index (χ1) is 7.93. The van der Waals surface area contributed by atoms with E-state index in [1.54, 1.807) is 0 Å². The van der Waals surface area contributed by atoms with Crippen LogP contribution in [0.15, 0.2) is 16.6 Å². The summed E-state index contributed by atoms with van der Waals surface area (Å²) in [5.74, 6) is -0.610. The minimum absolute atomic E-state index is 0.367. The number of carboxylic acids is 1. The fourth-order valence-corrected chi connectivity index (χ4v) is 1.04. The molecule has 6 nitrogen and oxygen atoms in total. The monoisotopic (exact) mass is 242 g/mol. The largest absolute Gasteiger partial charge is 0.480 e. The van der Waals surface area contributed by atoms with Crippen molar-refractivity contribution in [2.45, 2.75) is 32.7 Å². The van der Waals surface area contributed by atoms with Crippen molar-refractivity contribution in [1.82, 2.24) is 5.32 Å². The van der Waals surface area contributed by atoms with Gasteiger partial charge in [0.05, 0.1) is 6.54 Å². The van der Waals surface area contributed by atoms with Crippen molar-refractivity contribution >= 4 is 11.9 Å². The van der Waals surface area contributed by atoms with E-state index in [4.69, 9.17) is 16.6 Å². The molecule has 1 atom stereocenters. The van der Waals surface area contributed by atoms with Crippen LogP contribution in [-0.4, -0.2) is 36.2 Å². The average Bonchev–Trinajstić information content (AvgIpc) is 2.23. The minimum Gasteiger partial charge on any atom is -0.480 e. The maximum atomic E-state index is 10.4. The van der Waals surface area contributed by atoms with Gasteiger partial charge in [-0.05, 0) is 26.7 Å². The molecule has 0 aliphatic rings. The van der Waals surface area contributed by atoms with Crippen molar-refractivity contribution in [1.29, 1.82) is 0 Å². The SMILES string of the molecule is CC(C)=CCN=C(N)NCCC[C@H](N)C(=O)O. The summed E-state index contributed by atoms with van der Waals surface area (Å²) >= 11 is 0. The number of aliphatic imine (C=N–C) groups is 1. The molecule has 0 aliphatic heterocycles. The normalized spacial score (nSPS) is 13.0. The highest BCUT2D eigenvalue weighted by Crippen LogP contribution is 1.93. The van der Waals surface area contributed by atoms with E-state index in [-0.39, 0.29) is 0 Å². The molecule has 0 aliphatic carbocycles. The third-order valence-corrected chi connectivity index (χ3v) is 2.08. The number of allylic oxidation sites excluding steroid dienone is 1. The number of nitrogens with one attached hydrogen (secondary N) is 1. The number of guanidine groups is 1. The lowest BCUT2D eigenvalue weighted by atomic mass is 10.2. The Morgan fingerprint density at radius 1 is 1.53 bits per heavy atom. The molecule has 0 fully saturated rings. The highest BCUT2D eigenvalue weighted by molar-refractivity contribution is 5.77. The number of hydrogen-bond acceptors (Lipinski definition) is 3. The van der Waals surface area contributed by atoms with Crippen LogP contribution in [0.25, 0.3) is 0 Å². The van der Waals surface area contributed by atoms with Crippen LogP contribution >= 0.6 is 0 Å². The molecule has 6 N–H and O–H groups in total. The van der Waals surface area contributed by atoms with Crippen LogP contribution in [0.2, 0.25) is 0 Å². The number of carboxylic acid groups (broad SMARTS) is 1. The van der Waals surface area contributed by atoms with Crippen LogP contribution in [0.1, 0.15) is 26.7 Å². The lowest BCUT2D eigenvalue weighted by Gasteiger charge is -2.07. The fourth-order valence-electron chi connectivity index (χ4n) is 1.04. The van der Waals surface area contributed by atoms with Crippen molar-refractivity contribution in [3.8, 4) is 0 Å². The lowest BCUT2D eigenvalue weighted by Crippen LogP contribution is -2.35. The van der Waals surface area contributed by atoms with E-state index in [1.807, 2.05) is 19.9 Å². The van der Waals surface area contributed by atoms with Gasteiger partial charge in [-0.25, -0.2) is 4.99 Å². The zero-order valence-electron chi connectivity index (χ0n) is 10.4. The summed E-state index contributed by atoms with van der Waals surface area (Å²) in [7, 11) is 0. The van der Waals surface area contributed by atoms with Crippen LogP contribution in [0.4, 0.5) is 0 Å². The third-order valence-electron chi connectivity index (χ3n) is 2.08. The standard InChI is InChI=1S/C11H22N4O2/c1-8(2)5-7-15-11(13)14-6-3-4-9(12)10(16)17/h5,9H,3-4,6-7,12H2,1-2H3,(H,16,17)(H3,13,14,15)/t9-/m0/s1. The molecular weight excluding hydrogens is 220 g/mol. The Bertz CT molecular complexity index is 296. The molecule has 0 bridgehead atoms. The van der Waals surface area contributed by atoms with Gasteiger partial charge in [0.25, 0.3) is 0 Å². The quantitative estimate of drug-likeness (QED) is 0.218. The number of hydrogen-bond donors (Lipinski definition) is 4. The third kappa shape index (κ3) is 9.37. The van der Waals surface area contributed by atoms with Crippen molar-refractivity contribution in [3.63, 3.8) is 0 Å². The van der Waals surface area contributed by atoms with Gasteiger partial charge in [0.15, 0.2) is 5.96 Å². The zero-order valence-corrected chi connectivity index (χ0v) is 10.4. The Morgan fingerprint density at radius 3 is 2.71 bits per heavy atom. The molecule has 0 aromatic rings. The number of nitrogens with zero attached hydrogens (tertiary/aromatic N) is 1. The van der Waals surface area contributed by atoms with E-state index < -0.39 is 12.0 Å². The van der Waals surface area contributed by atoms with E-state index in [1.165, 1.54) is 5.57 Å². The Morgan fingerprint density at radius 2 is 2.18 bits per heavy atom. The van der Waals surface area contributed by atoms with Crippen molar-refractivity contribution in [3.05, 3.63) is 11.6 Å². The average molecular weight is 242 g/mol. The molecule has 0 saturated heterocycles. The summed E-state index contributed by atoms with van der Waals surface area (Å²) < 4.78 is 0. The molecule has 0 unspecified atom stereocenters. The van der Waals surface area contributed by atoms with Gasteiger partial charge in [-0.3, -0.25) is 4.79 Å². The second-order valence-corrected chi connectivity index (χ2v) is 4.02. The summed E-state index contributed by atoms with van der Waals surface area (Å²) in [5.41, 5.74) is 12.1. The van der Waals surface area contributed by atoms with Gasteiger partial charge in [0, 0.05) is 6.54 Å². The number of aliphatic carboxylic acids is 1. The number of carbonyl (C=O) groups is 1. The Kier molecular flexibility index (Phi) is 7.79. The summed E-state index contributed by atoms with van der Waals surface area (Å²) in [6.45, 7) is 5.11. The predicted octanol–water partition coefficient (Wildman–Crippen LogP) is 0.0490. The Hall–Kier alpha value is -1.56. The maximum absolute atomic E-state index is 10.4. The van der Waals surface area contributed by atoms with Gasteiger partial charge in [-0.15, -0.1) is 0 Å². The van der Waals surface area contributed by atoms with E-state index in [0.717, 1.165) is 0 Å². The summed E-state index contributed by atoms with van der Waals surface area (Å²) in [4.78, 5) is 14.5. The fraction of sp³-hybridized carbons (Fsp3) is 0.636. The van der Waals surface area contributed by atoms with Gasteiger partial charge in [-0.2, -0.15) is 0 Å². The molecular formula is C11H22N4O2. The van der Waals surface area contributed by atoms with Crippen molar-refractivity contribution in [2.24, 2.45) is 16.5 Å². The molecule has 6 heteroatoms. The molecule has 17 heavy (non-hydrogen) atoms.